The highest BCUT2D eigenvalue weighted by molar-refractivity contribution is 6.35. The van der Waals surface area contributed by atoms with Crippen molar-refractivity contribution in [3.05, 3.63) is 76.1 Å². The smallest absolute Gasteiger partial charge is 0.323 e. The van der Waals surface area contributed by atoms with Crippen molar-refractivity contribution in [1.82, 2.24) is 4.98 Å². The minimum atomic E-state index is -1.000. The van der Waals surface area contributed by atoms with Gasteiger partial charge in [-0.3, -0.25) is 14.4 Å². The summed E-state index contributed by atoms with van der Waals surface area (Å²) in [6.45, 7) is 0. The highest BCUT2D eigenvalue weighted by Crippen LogP contribution is 2.37. The number of fused-ring (bicyclic) bond motifs is 2. The molecule has 1 aliphatic heterocycles. The third-order valence-corrected chi connectivity index (χ3v) is 6.44. The number of ketones is 1. The number of anilines is 3. The summed E-state index contributed by atoms with van der Waals surface area (Å²) in [6, 6.07) is 6.69. The maximum atomic E-state index is 13.9. The van der Waals surface area contributed by atoms with Crippen LogP contribution in [-0.4, -0.2) is 33.8 Å². The summed E-state index contributed by atoms with van der Waals surface area (Å²) < 4.78 is 27.0. The van der Waals surface area contributed by atoms with Gasteiger partial charge in [-0.15, -0.1) is 0 Å². The second-order valence-electron chi connectivity index (χ2n) is 9.02. The molecule has 1 aliphatic carbocycles. The molecule has 1 aromatic heterocycles. The molecule has 0 fully saturated rings. The predicted molar refractivity (Wildman–Crippen MR) is 136 cm³/mol. The van der Waals surface area contributed by atoms with Crippen molar-refractivity contribution < 1.29 is 33.1 Å². The zero-order valence-corrected chi connectivity index (χ0v) is 19.9. The third-order valence-electron chi connectivity index (χ3n) is 6.44. The van der Waals surface area contributed by atoms with Crippen LogP contribution in [0.1, 0.15) is 52.1 Å². The zero-order valence-electron chi connectivity index (χ0n) is 19.9. The summed E-state index contributed by atoms with van der Waals surface area (Å²) in [7, 11) is 0. The number of nitrogens with one attached hydrogen (secondary N) is 4. The summed E-state index contributed by atoms with van der Waals surface area (Å²) in [5, 5.41) is 16.8. The number of aromatic amines is 1. The van der Waals surface area contributed by atoms with E-state index in [1.165, 1.54) is 0 Å². The lowest BCUT2D eigenvalue weighted by molar-refractivity contribution is -0.137. The number of aromatic nitrogens is 1. The molecule has 0 radical (unpaired) electrons. The number of urea groups is 1. The van der Waals surface area contributed by atoms with Crippen LogP contribution in [0, 0.1) is 11.6 Å². The molecule has 0 saturated carbocycles. The van der Waals surface area contributed by atoms with Crippen LogP contribution in [0.5, 0.6) is 0 Å². The van der Waals surface area contributed by atoms with Crippen LogP contribution >= 0.6 is 0 Å². The molecule has 0 atom stereocenters. The van der Waals surface area contributed by atoms with E-state index in [9.17, 15) is 33.1 Å². The molecule has 5 N–H and O–H groups in total. The van der Waals surface area contributed by atoms with E-state index in [2.05, 4.69) is 20.9 Å². The van der Waals surface area contributed by atoms with Gasteiger partial charge >= 0.3 is 12.0 Å². The summed E-state index contributed by atoms with van der Waals surface area (Å²) in [5.74, 6) is -3.17. The average Bonchev–Trinajstić information content (AvgIpc) is 3.37. The van der Waals surface area contributed by atoms with Gasteiger partial charge in [0.1, 0.15) is 11.6 Å². The van der Waals surface area contributed by atoms with E-state index in [0.29, 0.717) is 59.1 Å². The van der Waals surface area contributed by atoms with Crippen molar-refractivity contribution in [2.45, 2.75) is 32.1 Å². The van der Waals surface area contributed by atoms with Crippen molar-refractivity contribution in [1.29, 1.82) is 0 Å². The van der Waals surface area contributed by atoms with Gasteiger partial charge in [0.15, 0.2) is 5.78 Å². The molecular formula is C27H22F2N4O5. The maximum Gasteiger partial charge on any atom is 0.323 e. The largest absolute Gasteiger partial charge is 0.481 e. The number of carbonyl (C=O) groups is 4. The number of aryl methyl sites for hydroxylation is 1. The number of carbonyl (C=O) groups excluding carboxylic acids is 3. The molecule has 3 aromatic rings. The molecule has 3 amide bonds. The number of Topliss-reactive ketones (excluding diaryl/α,β-unsaturated/α-hetero) is 1. The van der Waals surface area contributed by atoms with Gasteiger partial charge in [0.25, 0.3) is 5.91 Å². The summed E-state index contributed by atoms with van der Waals surface area (Å²) in [5.41, 5.74) is 3.62. The molecule has 2 aliphatic rings. The minimum Gasteiger partial charge on any atom is -0.481 e. The standard InChI is InChI=1S/C27H22F2N4O5/c28-13-4-7-20(18(29)10-13)33-27(38)30-14-5-8-19-16(11-14)17(26(37)32-19)12-22-15(6-9-24(35)36)25-21(31-22)2-1-3-23(25)34/h4-5,7-8,10-12,31H,1-3,6,9H2,(H,32,37)(H,35,36)(H2,30,33,38)/b17-12-. The first kappa shape index (κ1) is 24.9. The fraction of sp³-hybridized carbons (Fsp3) is 0.185. The SMILES string of the molecule is O=C(O)CCc1c(/C=C2\C(=O)Nc3ccc(NC(=O)Nc4ccc(F)cc4F)cc32)[nH]c2c1C(=O)CCC2. The molecule has 0 spiro atoms. The maximum absolute atomic E-state index is 13.9. The van der Waals surface area contributed by atoms with E-state index in [1.54, 1.807) is 24.3 Å². The van der Waals surface area contributed by atoms with E-state index in [-0.39, 0.29) is 29.9 Å². The fourth-order valence-corrected chi connectivity index (χ4v) is 4.74. The van der Waals surface area contributed by atoms with Gasteiger partial charge in [-0.25, -0.2) is 13.6 Å². The minimum absolute atomic E-state index is 0.0566. The number of rotatable bonds is 6. The first-order chi connectivity index (χ1) is 18.2. The normalized spacial score (nSPS) is 15.2. The van der Waals surface area contributed by atoms with Gasteiger partial charge in [0.05, 0.1) is 11.3 Å². The van der Waals surface area contributed by atoms with E-state index in [4.69, 9.17) is 0 Å². The number of H-pyrrole nitrogens is 1. The zero-order chi connectivity index (χ0) is 27.0. The molecule has 5 rings (SSSR count). The first-order valence-electron chi connectivity index (χ1n) is 11.9. The molecule has 2 aromatic carbocycles. The van der Waals surface area contributed by atoms with E-state index in [1.807, 2.05) is 0 Å². The Morgan fingerprint density at radius 2 is 1.87 bits per heavy atom. The van der Waals surface area contributed by atoms with E-state index in [0.717, 1.165) is 17.8 Å². The lowest BCUT2D eigenvalue weighted by Crippen LogP contribution is -2.20. The van der Waals surface area contributed by atoms with Gasteiger partial charge in [-0.1, -0.05) is 0 Å². The summed E-state index contributed by atoms with van der Waals surface area (Å²) in [4.78, 5) is 52.3. The fourth-order valence-electron chi connectivity index (χ4n) is 4.74. The Bertz CT molecular complexity index is 1540. The molecule has 0 unspecified atom stereocenters. The van der Waals surface area contributed by atoms with Gasteiger partial charge in [-0.2, -0.15) is 0 Å². The van der Waals surface area contributed by atoms with Gasteiger partial charge < -0.3 is 26.0 Å². The number of amides is 3. The molecular weight excluding hydrogens is 498 g/mol. The van der Waals surface area contributed by atoms with Crippen LogP contribution in [0.4, 0.5) is 30.6 Å². The van der Waals surface area contributed by atoms with Crippen LogP contribution in [0.25, 0.3) is 11.6 Å². The molecule has 11 heteroatoms. The Balaban J connectivity index is 1.45. The molecule has 194 valence electrons. The third kappa shape index (κ3) is 4.90. The van der Waals surface area contributed by atoms with E-state index >= 15 is 0 Å². The number of hydrogen-bond donors (Lipinski definition) is 5. The Morgan fingerprint density at radius 3 is 2.63 bits per heavy atom. The first-order valence-corrected chi connectivity index (χ1v) is 11.9. The second kappa shape index (κ2) is 9.92. The summed E-state index contributed by atoms with van der Waals surface area (Å²) in [6.07, 6.45) is 3.25. The molecule has 9 nitrogen and oxygen atoms in total. The summed E-state index contributed by atoms with van der Waals surface area (Å²) >= 11 is 0. The van der Waals surface area contributed by atoms with Crippen LogP contribution in [0.3, 0.4) is 0 Å². The molecule has 0 saturated heterocycles. The van der Waals surface area contributed by atoms with Crippen molar-refractivity contribution in [2.24, 2.45) is 0 Å². The van der Waals surface area contributed by atoms with Crippen molar-refractivity contribution in [2.75, 3.05) is 16.0 Å². The quantitative estimate of drug-likeness (QED) is 0.292. The lowest BCUT2D eigenvalue weighted by Gasteiger charge is -2.11. The predicted octanol–water partition coefficient (Wildman–Crippen LogP) is 4.97. The van der Waals surface area contributed by atoms with Crippen LogP contribution in [0.2, 0.25) is 0 Å². The number of hydrogen-bond acceptors (Lipinski definition) is 4. The van der Waals surface area contributed by atoms with Gasteiger partial charge in [0.2, 0.25) is 0 Å². The van der Waals surface area contributed by atoms with Gasteiger partial charge in [0, 0.05) is 52.8 Å². The molecule has 2 heterocycles. The molecule has 38 heavy (non-hydrogen) atoms. The Kier molecular flexibility index (Phi) is 6.50. The van der Waals surface area contributed by atoms with Crippen LogP contribution in [-0.2, 0) is 22.4 Å². The lowest BCUT2D eigenvalue weighted by atomic mass is 9.91. The van der Waals surface area contributed by atoms with Crippen molar-refractivity contribution >= 4 is 52.4 Å². The Hall–Kier alpha value is -4.80. The second-order valence-corrected chi connectivity index (χ2v) is 9.02. The number of benzene rings is 2. The monoisotopic (exact) mass is 520 g/mol. The van der Waals surface area contributed by atoms with Crippen LogP contribution in [0.15, 0.2) is 36.4 Å². The Labute approximate surface area is 214 Å². The van der Waals surface area contributed by atoms with E-state index < -0.39 is 29.5 Å². The van der Waals surface area contributed by atoms with Crippen LogP contribution < -0.4 is 16.0 Å². The topological polar surface area (TPSA) is 140 Å². The number of carboxylic acids is 1. The van der Waals surface area contributed by atoms with Crippen molar-refractivity contribution in [3.8, 4) is 0 Å². The van der Waals surface area contributed by atoms with Crippen molar-refractivity contribution in [3.63, 3.8) is 0 Å². The Morgan fingerprint density at radius 1 is 1.05 bits per heavy atom. The number of carboxylic acid groups (broad SMARTS) is 1. The van der Waals surface area contributed by atoms with Gasteiger partial charge in [-0.05, 0) is 61.2 Å². The molecule has 0 bridgehead atoms. The number of aliphatic carboxylic acids is 1. The number of halogens is 2. The average molecular weight is 520 g/mol. The highest BCUT2D eigenvalue weighted by atomic mass is 19.1. The highest BCUT2D eigenvalue weighted by Gasteiger charge is 2.29.